The number of nitrogens with one attached hydrogen (secondary N) is 1. The summed E-state index contributed by atoms with van der Waals surface area (Å²) in [5.41, 5.74) is 0. The molecule has 1 unspecified atom stereocenters. The van der Waals surface area contributed by atoms with Crippen molar-refractivity contribution >= 4 is 12.4 Å². The molecular formula is C15H29ClN2. The van der Waals surface area contributed by atoms with Crippen LogP contribution in [-0.4, -0.2) is 36.6 Å². The quantitative estimate of drug-likeness (QED) is 0.827. The Kier molecular flexibility index (Phi) is 5.78. The van der Waals surface area contributed by atoms with E-state index in [0.717, 1.165) is 18.0 Å². The molecule has 1 aliphatic heterocycles. The third-order valence-electron chi connectivity index (χ3n) is 5.04. The van der Waals surface area contributed by atoms with Crippen LogP contribution in [0.5, 0.6) is 0 Å². The fraction of sp³-hybridized carbons (Fsp3) is 1.00. The predicted octanol–water partition coefficient (Wildman–Crippen LogP) is 3.20. The van der Waals surface area contributed by atoms with Crippen LogP contribution >= 0.6 is 12.4 Å². The van der Waals surface area contributed by atoms with E-state index < -0.39 is 0 Å². The molecule has 0 spiro atoms. The van der Waals surface area contributed by atoms with Crippen LogP contribution in [0.25, 0.3) is 0 Å². The zero-order valence-electron chi connectivity index (χ0n) is 11.6. The van der Waals surface area contributed by atoms with Gasteiger partial charge in [0, 0.05) is 18.6 Å². The number of halogens is 1. The molecule has 1 saturated heterocycles. The van der Waals surface area contributed by atoms with Gasteiger partial charge in [0.2, 0.25) is 0 Å². The molecule has 1 N–H and O–H groups in total. The summed E-state index contributed by atoms with van der Waals surface area (Å²) in [5, 5.41) is 3.53. The molecule has 0 aromatic rings. The third kappa shape index (κ3) is 3.85. The average molecular weight is 273 g/mol. The number of hydrogen-bond donors (Lipinski definition) is 1. The Bertz CT molecular complexity index is 231. The topological polar surface area (TPSA) is 15.3 Å². The lowest BCUT2D eigenvalue weighted by Crippen LogP contribution is -2.39. The summed E-state index contributed by atoms with van der Waals surface area (Å²) >= 11 is 0. The maximum atomic E-state index is 3.53. The molecular weight excluding hydrogens is 244 g/mol. The van der Waals surface area contributed by atoms with E-state index in [0.29, 0.717) is 0 Å². The minimum absolute atomic E-state index is 0. The van der Waals surface area contributed by atoms with E-state index in [2.05, 4.69) is 10.2 Å². The second-order valence-corrected chi connectivity index (χ2v) is 6.41. The molecule has 0 amide bonds. The first-order valence-electron chi connectivity index (χ1n) is 7.90. The normalized spacial score (nSPS) is 29.5. The highest BCUT2D eigenvalue weighted by Gasteiger charge is 2.35. The highest BCUT2D eigenvalue weighted by atomic mass is 35.5. The van der Waals surface area contributed by atoms with Crippen molar-refractivity contribution in [3.63, 3.8) is 0 Å². The van der Waals surface area contributed by atoms with E-state index >= 15 is 0 Å². The zero-order chi connectivity index (χ0) is 11.5. The minimum Gasteiger partial charge on any atom is -0.315 e. The smallest absolute Gasteiger partial charge is 0.0235 e. The molecule has 3 aliphatic rings. The predicted molar refractivity (Wildman–Crippen MR) is 79.4 cm³/mol. The first-order valence-corrected chi connectivity index (χ1v) is 7.90. The minimum atomic E-state index is 0. The molecule has 2 aliphatic carbocycles. The van der Waals surface area contributed by atoms with Crippen molar-refractivity contribution in [3.8, 4) is 0 Å². The van der Waals surface area contributed by atoms with Gasteiger partial charge in [-0.15, -0.1) is 12.4 Å². The van der Waals surface area contributed by atoms with E-state index in [9.17, 15) is 0 Å². The Morgan fingerprint density at radius 3 is 2.28 bits per heavy atom. The van der Waals surface area contributed by atoms with Gasteiger partial charge in [-0.25, -0.2) is 0 Å². The van der Waals surface area contributed by atoms with Gasteiger partial charge in [0.15, 0.2) is 0 Å². The summed E-state index contributed by atoms with van der Waals surface area (Å²) in [5.74, 6) is 1.05. The molecule has 0 bridgehead atoms. The van der Waals surface area contributed by atoms with Gasteiger partial charge in [0.25, 0.3) is 0 Å². The second kappa shape index (κ2) is 7.12. The van der Waals surface area contributed by atoms with Crippen molar-refractivity contribution in [3.05, 3.63) is 0 Å². The SMILES string of the molecule is C1CCC(CCN(C2CC2)C2CCNC2)CC1.Cl. The van der Waals surface area contributed by atoms with Gasteiger partial charge in [0.05, 0.1) is 0 Å². The summed E-state index contributed by atoms with van der Waals surface area (Å²) in [7, 11) is 0. The van der Waals surface area contributed by atoms with E-state index in [1.54, 1.807) is 0 Å². The number of rotatable bonds is 5. The molecule has 3 heteroatoms. The number of hydrogen-bond acceptors (Lipinski definition) is 2. The molecule has 1 atom stereocenters. The molecule has 0 aromatic heterocycles. The van der Waals surface area contributed by atoms with Crippen molar-refractivity contribution in [2.75, 3.05) is 19.6 Å². The molecule has 106 valence electrons. The van der Waals surface area contributed by atoms with Gasteiger partial charge in [-0.1, -0.05) is 32.1 Å². The molecule has 3 rings (SSSR count). The highest BCUT2D eigenvalue weighted by molar-refractivity contribution is 5.85. The van der Waals surface area contributed by atoms with Gasteiger partial charge in [0.1, 0.15) is 0 Å². The largest absolute Gasteiger partial charge is 0.315 e. The van der Waals surface area contributed by atoms with Crippen molar-refractivity contribution in [2.45, 2.75) is 69.9 Å². The molecule has 3 fully saturated rings. The Morgan fingerprint density at radius 2 is 1.67 bits per heavy atom. The standard InChI is InChI=1S/C15H28N2.ClH/c1-2-4-13(5-3-1)9-11-17(14-6-7-14)15-8-10-16-12-15;/h13-16H,1-12H2;1H. The number of nitrogens with zero attached hydrogens (tertiary/aromatic N) is 1. The van der Waals surface area contributed by atoms with Gasteiger partial charge in [-0.3, -0.25) is 4.90 Å². The van der Waals surface area contributed by atoms with Crippen LogP contribution in [0, 0.1) is 5.92 Å². The fourth-order valence-electron chi connectivity index (χ4n) is 3.80. The average Bonchev–Trinajstić information content (AvgIpc) is 3.06. The maximum absolute atomic E-state index is 3.53. The Morgan fingerprint density at radius 1 is 0.889 bits per heavy atom. The summed E-state index contributed by atoms with van der Waals surface area (Å²) in [6, 6.07) is 1.83. The van der Waals surface area contributed by atoms with E-state index in [-0.39, 0.29) is 12.4 Å². The first kappa shape index (κ1) is 14.6. The van der Waals surface area contributed by atoms with Crippen molar-refractivity contribution in [1.29, 1.82) is 0 Å². The second-order valence-electron chi connectivity index (χ2n) is 6.41. The van der Waals surface area contributed by atoms with Gasteiger partial charge >= 0.3 is 0 Å². The molecule has 2 saturated carbocycles. The summed E-state index contributed by atoms with van der Waals surface area (Å²) < 4.78 is 0. The third-order valence-corrected chi connectivity index (χ3v) is 5.04. The monoisotopic (exact) mass is 272 g/mol. The molecule has 18 heavy (non-hydrogen) atoms. The van der Waals surface area contributed by atoms with E-state index in [1.807, 2.05) is 0 Å². The first-order chi connectivity index (χ1) is 8.43. The van der Waals surface area contributed by atoms with Crippen molar-refractivity contribution in [1.82, 2.24) is 10.2 Å². The highest BCUT2D eigenvalue weighted by Crippen LogP contribution is 2.32. The lowest BCUT2D eigenvalue weighted by Gasteiger charge is -2.31. The van der Waals surface area contributed by atoms with Crippen molar-refractivity contribution in [2.24, 2.45) is 5.92 Å². The van der Waals surface area contributed by atoms with Crippen molar-refractivity contribution < 1.29 is 0 Å². The van der Waals surface area contributed by atoms with Crippen LogP contribution in [-0.2, 0) is 0 Å². The molecule has 0 aromatic carbocycles. The maximum Gasteiger partial charge on any atom is 0.0235 e. The van der Waals surface area contributed by atoms with Gasteiger partial charge in [-0.05, 0) is 44.7 Å². The zero-order valence-corrected chi connectivity index (χ0v) is 12.4. The van der Waals surface area contributed by atoms with Gasteiger partial charge < -0.3 is 5.32 Å². The van der Waals surface area contributed by atoms with E-state index in [1.165, 1.54) is 77.4 Å². The summed E-state index contributed by atoms with van der Waals surface area (Å²) in [4.78, 5) is 2.86. The van der Waals surface area contributed by atoms with Crippen LogP contribution in [0.2, 0.25) is 0 Å². The summed E-state index contributed by atoms with van der Waals surface area (Å²) in [6.45, 7) is 3.89. The molecule has 2 nitrogen and oxygen atoms in total. The van der Waals surface area contributed by atoms with Crippen LogP contribution < -0.4 is 5.32 Å². The van der Waals surface area contributed by atoms with Gasteiger partial charge in [-0.2, -0.15) is 0 Å². The van der Waals surface area contributed by atoms with Crippen LogP contribution in [0.4, 0.5) is 0 Å². The Hall–Kier alpha value is 0.210. The van der Waals surface area contributed by atoms with Crippen LogP contribution in [0.15, 0.2) is 0 Å². The summed E-state index contributed by atoms with van der Waals surface area (Å²) in [6.07, 6.45) is 13.3. The fourth-order valence-corrected chi connectivity index (χ4v) is 3.80. The van der Waals surface area contributed by atoms with Crippen LogP contribution in [0.3, 0.4) is 0 Å². The Labute approximate surface area is 118 Å². The molecule has 0 radical (unpaired) electrons. The lowest BCUT2D eigenvalue weighted by molar-refractivity contribution is 0.174. The van der Waals surface area contributed by atoms with E-state index in [4.69, 9.17) is 0 Å². The molecule has 1 heterocycles. The lowest BCUT2D eigenvalue weighted by atomic mass is 9.87. The van der Waals surface area contributed by atoms with Crippen LogP contribution in [0.1, 0.15) is 57.8 Å². The Balaban J connectivity index is 0.00000120.